The van der Waals surface area contributed by atoms with E-state index < -0.39 is 0 Å². The van der Waals surface area contributed by atoms with Gasteiger partial charge in [0.15, 0.2) is 0 Å². The Morgan fingerprint density at radius 2 is 2.05 bits per heavy atom. The van der Waals surface area contributed by atoms with E-state index in [4.69, 9.17) is 0 Å². The summed E-state index contributed by atoms with van der Waals surface area (Å²) in [5.41, 5.74) is 0.553. The van der Waals surface area contributed by atoms with Crippen LogP contribution in [0.2, 0.25) is 0 Å². The SMILES string of the molecule is CCC1CCCCN1CC1(CNC)CCCC(C)C1. The molecule has 0 radical (unpaired) electrons. The maximum absolute atomic E-state index is 3.49. The molecule has 112 valence electrons. The van der Waals surface area contributed by atoms with Crippen LogP contribution in [0.15, 0.2) is 0 Å². The summed E-state index contributed by atoms with van der Waals surface area (Å²) in [7, 11) is 2.13. The Bertz CT molecular complexity index is 262. The van der Waals surface area contributed by atoms with Crippen LogP contribution in [0.5, 0.6) is 0 Å². The smallest absolute Gasteiger partial charge is 0.00928 e. The topological polar surface area (TPSA) is 15.3 Å². The molecular formula is C17H34N2. The molecular weight excluding hydrogens is 232 g/mol. The summed E-state index contributed by atoms with van der Waals surface area (Å²) in [5.74, 6) is 0.923. The lowest BCUT2D eigenvalue weighted by Gasteiger charge is -2.46. The van der Waals surface area contributed by atoms with Gasteiger partial charge in [-0.15, -0.1) is 0 Å². The third kappa shape index (κ3) is 3.95. The first-order chi connectivity index (χ1) is 9.19. The minimum absolute atomic E-state index is 0.553. The molecule has 1 aliphatic carbocycles. The fourth-order valence-electron chi connectivity index (χ4n) is 4.67. The summed E-state index contributed by atoms with van der Waals surface area (Å²) >= 11 is 0. The number of piperidine rings is 1. The Kier molecular flexibility index (Phi) is 5.70. The Hall–Kier alpha value is -0.0800. The highest BCUT2D eigenvalue weighted by Gasteiger charge is 2.37. The third-order valence-electron chi connectivity index (χ3n) is 5.50. The average Bonchev–Trinajstić information content (AvgIpc) is 2.39. The first kappa shape index (κ1) is 15.3. The maximum Gasteiger partial charge on any atom is 0.00928 e. The van der Waals surface area contributed by atoms with Crippen LogP contribution in [0.4, 0.5) is 0 Å². The molecule has 0 aromatic rings. The molecule has 1 saturated carbocycles. The van der Waals surface area contributed by atoms with Gasteiger partial charge in [0.2, 0.25) is 0 Å². The zero-order chi connectivity index (χ0) is 13.7. The van der Waals surface area contributed by atoms with Crippen molar-refractivity contribution >= 4 is 0 Å². The summed E-state index contributed by atoms with van der Waals surface area (Å²) in [5, 5.41) is 3.49. The molecule has 0 aromatic carbocycles. The van der Waals surface area contributed by atoms with Gasteiger partial charge in [-0.25, -0.2) is 0 Å². The molecule has 0 amide bonds. The molecule has 2 heteroatoms. The van der Waals surface area contributed by atoms with Gasteiger partial charge < -0.3 is 5.32 Å². The van der Waals surface area contributed by atoms with E-state index in [1.807, 2.05) is 0 Å². The molecule has 1 heterocycles. The zero-order valence-corrected chi connectivity index (χ0v) is 13.4. The minimum Gasteiger partial charge on any atom is -0.319 e. The highest BCUT2D eigenvalue weighted by atomic mass is 15.2. The zero-order valence-electron chi connectivity index (χ0n) is 13.4. The molecule has 0 bridgehead atoms. The number of hydrogen-bond acceptors (Lipinski definition) is 2. The summed E-state index contributed by atoms with van der Waals surface area (Å²) in [4.78, 5) is 2.83. The van der Waals surface area contributed by atoms with Gasteiger partial charge in [0.25, 0.3) is 0 Å². The van der Waals surface area contributed by atoms with Crippen molar-refractivity contribution in [1.82, 2.24) is 10.2 Å². The van der Waals surface area contributed by atoms with E-state index in [0.717, 1.165) is 12.0 Å². The highest BCUT2D eigenvalue weighted by molar-refractivity contribution is 4.91. The van der Waals surface area contributed by atoms with E-state index in [1.165, 1.54) is 71.0 Å². The fraction of sp³-hybridized carbons (Fsp3) is 1.00. The third-order valence-corrected chi connectivity index (χ3v) is 5.50. The van der Waals surface area contributed by atoms with Crippen molar-refractivity contribution in [3.8, 4) is 0 Å². The Morgan fingerprint density at radius 3 is 2.74 bits per heavy atom. The van der Waals surface area contributed by atoms with Crippen LogP contribution in [0, 0.1) is 11.3 Å². The van der Waals surface area contributed by atoms with Crippen LogP contribution in [-0.4, -0.2) is 37.6 Å². The van der Waals surface area contributed by atoms with Crippen molar-refractivity contribution in [2.75, 3.05) is 26.7 Å². The van der Waals surface area contributed by atoms with Gasteiger partial charge in [0.1, 0.15) is 0 Å². The van der Waals surface area contributed by atoms with Crippen molar-refractivity contribution in [3.05, 3.63) is 0 Å². The monoisotopic (exact) mass is 266 g/mol. The van der Waals surface area contributed by atoms with Crippen LogP contribution >= 0.6 is 0 Å². The first-order valence-electron chi connectivity index (χ1n) is 8.58. The van der Waals surface area contributed by atoms with Gasteiger partial charge in [0, 0.05) is 19.1 Å². The molecule has 19 heavy (non-hydrogen) atoms. The molecule has 3 atom stereocenters. The molecule has 2 nitrogen and oxygen atoms in total. The lowest BCUT2D eigenvalue weighted by atomic mass is 9.69. The van der Waals surface area contributed by atoms with Crippen molar-refractivity contribution in [2.45, 2.75) is 71.3 Å². The summed E-state index contributed by atoms with van der Waals surface area (Å²) in [6, 6.07) is 0.861. The highest BCUT2D eigenvalue weighted by Crippen LogP contribution is 2.40. The summed E-state index contributed by atoms with van der Waals surface area (Å²) < 4.78 is 0. The van der Waals surface area contributed by atoms with Gasteiger partial charge in [-0.2, -0.15) is 0 Å². The van der Waals surface area contributed by atoms with Crippen molar-refractivity contribution in [3.63, 3.8) is 0 Å². The van der Waals surface area contributed by atoms with E-state index >= 15 is 0 Å². The largest absolute Gasteiger partial charge is 0.319 e. The number of nitrogens with zero attached hydrogens (tertiary/aromatic N) is 1. The van der Waals surface area contributed by atoms with Crippen LogP contribution < -0.4 is 5.32 Å². The fourth-order valence-corrected chi connectivity index (χ4v) is 4.67. The van der Waals surface area contributed by atoms with Gasteiger partial charge in [-0.1, -0.05) is 33.1 Å². The Balaban J connectivity index is 2.02. The predicted molar refractivity (Wildman–Crippen MR) is 83.5 cm³/mol. The molecule has 0 spiro atoms. The minimum atomic E-state index is 0.553. The number of rotatable bonds is 5. The molecule has 2 aliphatic rings. The van der Waals surface area contributed by atoms with Gasteiger partial charge >= 0.3 is 0 Å². The molecule has 1 aliphatic heterocycles. The lowest BCUT2D eigenvalue weighted by molar-refractivity contribution is 0.0414. The summed E-state index contributed by atoms with van der Waals surface area (Å²) in [6.45, 7) is 8.73. The van der Waals surface area contributed by atoms with Crippen molar-refractivity contribution in [2.24, 2.45) is 11.3 Å². The second kappa shape index (κ2) is 7.08. The van der Waals surface area contributed by atoms with E-state index in [1.54, 1.807) is 0 Å². The quantitative estimate of drug-likeness (QED) is 0.817. The van der Waals surface area contributed by atoms with Crippen LogP contribution in [-0.2, 0) is 0 Å². The second-order valence-corrected chi connectivity index (χ2v) is 7.26. The summed E-state index contributed by atoms with van der Waals surface area (Å²) in [6.07, 6.45) is 11.4. The molecule has 0 aromatic heterocycles. The average molecular weight is 266 g/mol. The Morgan fingerprint density at radius 1 is 1.21 bits per heavy atom. The second-order valence-electron chi connectivity index (χ2n) is 7.26. The number of hydrogen-bond donors (Lipinski definition) is 1. The predicted octanol–water partition coefficient (Wildman–Crippen LogP) is 3.67. The normalized spacial score (nSPS) is 37.4. The first-order valence-corrected chi connectivity index (χ1v) is 8.58. The van der Waals surface area contributed by atoms with E-state index in [9.17, 15) is 0 Å². The number of likely N-dealkylation sites (tertiary alicyclic amines) is 1. The van der Waals surface area contributed by atoms with Crippen molar-refractivity contribution in [1.29, 1.82) is 0 Å². The van der Waals surface area contributed by atoms with Crippen LogP contribution in [0.3, 0.4) is 0 Å². The number of nitrogens with one attached hydrogen (secondary N) is 1. The maximum atomic E-state index is 3.49. The van der Waals surface area contributed by atoms with Crippen LogP contribution in [0.25, 0.3) is 0 Å². The molecule has 3 unspecified atom stereocenters. The van der Waals surface area contributed by atoms with E-state index in [2.05, 4.69) is 31.1 Å². The molecule has 2 rings (SSSR count). The van der Waals surface area contributed by atoms with Crippen LogP contribution in [0.1, 0.15) is 65.2 Å². The van der Waals surface area contributed by atoms with Gasteiger partial charge in [0.05, 0.1) is 0 Å². The van der Waals surface area contributed by atoms with Gasteiger partial charge in [-0.3, -0.25) is 4.90 Å². The van der Waals surface area contributed by atoms with Crippen molar-refractivity contribution < 1.29 is 0 Å². The molecule has 1 N–H and O–H groups in total. The molecule has 1 saturated heterocycles. The van der Waals surface area contributed by atoms with E-state index in [-0.39, 0.29) is 0 Å². The molecule has 2 fully saturated rings. The Labute approximate surface area is 120 Å². The van der Waals surface area contributed by atoms with E-state index in [0.29, 0.717) is 5.41 Å². The van der Waals surface area contributed by atoms with Gasteiger partial charge in [-0.05, 0) is 57.0 Å². The lowest BCUT2D eigenvalue weighted by Crippen LogP contribution is -2.50. The standard InChI is InChI=1S/C17H34N2/c1-4-16-9-5-6-11-19(16)14-17(13-18-3)10-7-8-15(2)12-17/h15-16,18H,4-14H2,1-3H3.